The van der Waals surface area contributed by atoms with Crippen LogP contribution >= 0.6 is 0 Å². The van der Waals surface area contributed by atoms with Crippen molar-refractivity contribution in [3.63, 3.8) is 0 Å². The van der Waals surface area contributed by atoms with Crippen molar-refractivity contribution in [3.05, 3.63) is 174 Å². The van der Waals surface area contributed by atoms with Crippen LogP contribution in [0.4, 0.5) is 34.1 Å². The summed E-state index contributed by atoms with van der Waals surface area (Å²) in [6.07, 6.45) is 1.77. The highest BCUT2D eigenvalue weighted by Crippen LogP contribution is 2.48. The summed E-state index contributed by atoms with van der Waals surface area (Å²) in [5.41, 5.74) is 22.2. The summed E-state index contributed by atoms with van der Waals surface area (Å²) in [4.78, 5) is 5.12. The first-order valence-electron chi connectivity index (χ1n) is 21.9. The SMILES string of the molecule is Cc1cc2c3c(c1)N(c1ccc(-c4ccc5occc5c4)cc1-c1ccccc1)c1ccc(C(C)(C)C)cc1B3c1cc(C(C)(C)C)ccc1N2c1ccc(C(C)(C)C)cc1. The molecule has 302 valence electrons. The summed E-state index contributed by atoms with van der Waals surface area (Å²) in [6.45, 7) is 23.2. The van der Waals surface area contributed by atoms with Gasteiger partial charge in [-0.05, 0) is 145 Å². The minimum atomic E-state index is -0.0330. The van der Waals surface area contributed by atoms with Gasteiger partial charge in [-0.25, -0.2) is 0 Å². The average Bonchev–Trinajstić information content (AvgIpc) is 3.71. The van der Waals surface area contributed by atoms with Crippen molar-refractivity contribution in [2.75, 3.05) is 9.80 Å². The third kappa shape index (κ3) is 6.59. The number of aryl methyl sites for hydroxylation is 1. The second-order valence-corrected chi connectivity index (χ2v) is 20.4. The smallest absolute Gasteiger partial charge is 0.252 e. The molecule has 0 bridgehead atoms. The van der Waals surface area contributed by atoms with Crippen molar-refractivity contribution in [2.24, 2.45) is 0 Å². The van der Waals surface area contributed by atoms with Gasteiger partial charge in [0.2, 0.25) is 0 Å². The molecule has 61 heavy (non-hydrogen) atoms. The van der Waals surface area contributed by atoms with Gasteiger partial charge >= 0.3 is 0 Å². The predicted molar refractivity (Wildman–Crippen MR) is 262 cm³/mol. The summed E-state index contributed by atoms with van der Waals surface area (Å²) in [5, 5.41) is 1.10. The Morgan fingerprint density at radius 1 is 0.443 bits per heavy atom. The summed E-state index contributed by atoms with van der Waals surface area (Å²) < 4.78 is 5.73. The Hall–Kier alpha value is -6.26. The molecule has 2 aliphatic heterocycles. The van der Waals surface area contributed by atoms with Crippen LogP contribution in [0.3, 0.4) is 0 Å². The van der Waals surface area contributed by atoms with Crippen LogP contribution in [-0.2, 0) is 16.2 Å². The molecular weight excluding hydrogens is 739 g/mol. The lowest BCUT2D eigenvalue weighted by atomic mass is 9.33. The Kier molecular flexibility index (Phi) is 8.86. The molecule has 7 aromatic carbocycles. The van der Waals surface area contributed by atoms with E-state index in [0.29, 0.717) is 0 Å². The molecule has 0 saturated heterocycles. The molecule has 2 aliphatic rings. The zero-order chi connectivity index (χ0) is 42.6. The van der Waals surface area contributed by atoms with Crippen LogP contribution in [0.25, 0.3) is 33.2 Å². The summed E-state index contributed by atoms with van der Waals surface area (Å²) in [7, 11) is 0. The standard InChI is InChI=1S/C57H55BN2O/c1-36-30-51-54-52(31-36)60(48-24-16-39(33-45(48)37-14-12-11-13-15-37)38-17-27-53-40(32-38)28-29-61-53)50-26-21-43(57(8,9)10)35-47(50)58(54)46-34-42(56(5,6)7)20-25-49(46)59(51)44-22-18-41(19-23-44)55(2,3)4/h11-35H,1-10H3. The molecule has 0 atom stereocenters. The fraction of sp³-hybridized carbons (Fsp3) is 0.228. The van der Waals surface area contributed by atoms with Crippen molar-refractivity contribution in [1.82, 2.24) is 0 Å². The summed E-state index contributed by atoms with van der Waals surface area (Å²) in [5.74, 6) is 0. The van der Waals surface area contributed by atoms with Gasteiger partial charge in [0.1, 0.15) is 5.58 Å². The maximum absolute atomic E-state index is 5.73. The second-order valence-electron chi connectivity index (χ2n) is 20.4. The third-order valence-electron chi connectivity index (χ3n) is 13.0. The maximum atomic E-state index is 5.73. The van der Waals surface area contributed by atoms with Gasteiger partial charge < -0.3 is 14.2 Å². The number of rotatable bonds is 4. The van der Waals surface area contributed by atoms with Gasteiger partial charge in [0.25, 0.3) is 6.71 Å². The molecular formula is C57H55BN2O. The van der Waals surface area contributed by atoms with Gasteiger partial charge in [-0.15, -0.1) is 0 Å². The number of hydrogen-bond acceptors (Lipinski definition) is 3. The average molecular weight is 795 g/mol. The van der Waals surface area contributed by atoms with E-state index in [1.165, 1.54) is 89.3 Å². The van der Waals surface area contributed by atoms with Crippen LogP contribution in [0.5, 0.6) is 0 Å². The number of anilines is 6. The molecule has 0 radical (unpaired) electrons. The molecule has 4 heteroatoms. The number of hydrogen-bond donors (Lipinski definition) is 0. The number of nitrogens with zero attached hydrogens (tertiary/aromatic N) is 2. The Bertz CT molecular complexity index is 2990. The first-order valence-corrected chi connectivity index (χ1v) is 21.9. The van der Waals surface area contributed by atoms with Gasteiger partial charge in [-0.3, -0.25) is 0 Å². The van der Waals surface area contributed by atoms with Crippen LogP contribution in [0.15, 0.2) is 156 Å². The number of benzene rings is 7. The first-order chi connectivity index (χ1) is 29.0. The fourth-order valence-electron chi connectivity index (χ4n) is 9.63. The molecule has 0 amide bonds. The zero-order valence-electron chi connectivity index (χ0n) is 37.3. The van der Waals surface area contributed by atoms with Gasteiger partial charge in [0, 0.05) is 39.4 Å². The Labute approximate surface area is 362 Å². The summed E-state index contributed by atoms with van der Waals surface area (Å²) >= 11 is 0. The van der Waals surface area contributed by atoms with Crippen LogP contribution < -0.4 is 26.2 Å². The Balaban J connectivity index is 1.28. The van der Waals surface area contributed by atoms with Crippen molar-refractivity contribution in [1.29, 1.82) is 0 Å². The van der Waals surface area contributed by atoms with E-state index in [1.54, 1.807) is 6.26 Å². The monoisotopic (exact) mass is 794 g/mol. The molecule has 10 rings (SSSR count). The van der Waals surface area contributed by atoms with E-state index >= 15 is 0 Å². The van der Waals surface area contributed by atoms with Crippen LogP contribution in [0.1, 0.15) is 84.6 Å². The maximum Gasteiger partial charge on any atom is 0.252 e. The largest absolute Gasteiger partial charge is 0.464 e. The molecule has 3 heterocycles. The molecule has 0 unspecified atom stereocenters. The first kappa shape index (κ1) is 38.9. The number of furan rings is 1. The lowest BCUT2D eigenvalue weighted by Gasteiger charge is -2.45. The van der Waals surface area contributed by atoms with E-state index in [0.717, 1.165) is 16.7 Å². The quantitative estimate of drug-likeness (QED) is 0.165. The molecule has 0 fully saturated rings. The van der Waals surface area contributed by atoms with Gasteiger partial charge in [-0.2, -0.15) is 0 Å². The minimum absolute atomic E-state index is 0.0180. The highest BCUT2D eigenvalue weighted by molar-refractivity contribution is 7.00. The van der Waals surface area contributed by atoms with Gasteiger partial charge in [-0.1, -0.05) is 141 Å². The van der Waals surface area contributed by atoms with E-state index in [4.69, 9.17) is 4.42 Å². The minimum Gasteiger partial charge on any atom is -0.464 e. The van der Waals surface area contributed by atoms with E-state index in [2.05, 4.69) is 219 Å². The highest BCUT2D eigenvalue weighted by atomic mass is 16.3. The van der Waals surface area contributed by atoms with E-state index in [9.17, 15) is 0 Å². The lowest BCUT2D eigenvalue weighted by molar-refractivity contribution is 0.590. The van der Waals surface area contributed by atoms with Crippen LogP contribution in [-0.4, -0.2) is 6.71 Å². The second kappa shape index (κ2) is 13.9. The van der Waals surface area contributed by atoms with Crippen LogP contribution in [0, 0.1) is 6.92 Å². The molecule has 3 nitrogen and oxygen atoms in total. The predicted octanol–water partition coefficient (Wildman–Crippen LogP) is 14.1. The molecule has 0 spiro atoms. The normalized spacial score (nSPS) is 13.6. The van der Waals surface area contributed by atoms with Crippen LogP contribution in [0.2, 0.25) is 0 Å². The molecule has 8 aromatic rings. The lowest BCUT2D eigenvalue weighted by Crippen LogP contribution is -2.61. The molecule has 0 N–H and O–H groups in total. The Morgan fingerprint density at radius 3 is 1.61 bits per heavy atom. The topological polar surface area (TPSA) is 19.6 Å². The number of fused-ring (bicyclic) bond motifs is 5. The van der Waals surface area contributed by atoms with Crippen molar-refractivity contribution >= 4 is 68.2 Å². The van der Waals surface area contributed by atoms with Crippen molar-refractivity contribution < 1.29 is 4.42 Å². The van der Waals surface area contributed by atoms with E-state index in [-0.39, 0.29) is 23.0 Å². The molecule has 1 aromatic heterocycles. The summed E-state index contributed by atoms with van der Waals surface area (Å²) in [6, 6.07) is 55.2. The van der Waals surface area contributed by atoms with Crippen molar-refractivity contribution in [3.8, 4) is 22.3 Å². The molecule has 0 saturated carbocycles. The molecule has 0 aliphatic carbocycles. The van der Waals surface area contributed by atoms with Gasteiger partial charge in [0.05, 0.1) is 12.0 Å². The van der Waals surface area contributed by atoms with Crippen molar-refractivity contribution in [2.45, 2.75) is 85.5 Å². The fourth-order valence-corrected chi connectivity index (χ4v) is 9.63. The third-order valence-corrected chi connectivity index (χ3v) is 13.0. The highest BCUT2D eigenvalue weighted by Gasteiger charge is 2.44. The van der Waals surface area contributed by atoms with E-state index < -0.39 is 0 Å². The van der Waals surface area contributed by atoms with Gasteiger partial charge in [0.15, 0.2) is 0 Å². The van der Waals surface area contributed by atoms with E-state index in [1.807, 2.05) is 6.07 Å². The Morgan fingerprint density at radius 2 is 0.984 bits per heavy atom. The zero-order valence-corrected chi connectivity index (χ0v) is 37.3.